The van der Waals surface area contributed by atoms with Gasteiger partial charge in [0.25, 0.3) is 6.47 Å². The molecule has 3 rings (SSSR count). The van der Waals surface area contributed by atoms with Gasteiger partial charge in [0.05, 0.1) is 11.6 Å². The molecular formula is C19H24N4O3. The van der Waals surface area contributed by atoms with Crippen LogP contribution in [0.3, 0.4) is 0 Å². The molecule has 0 saturated carbocycles. The van der Waals surface area contributed by atoms with E-state index in [-0.39, 0.29) is 18.0 Å². The molecule has 0 spiro atoms. The summed E-state index contributed by atoms with van der Waals surface area (Å²) < 4.78 is 0. The van der Waals surface area contributed by atoms with Crippen LogP contribution >= 0.6 is 0 Å². The summed E-state index contributed by atoms with van der Waals surface area (Å²) in [5.74, 6) is 0.192. The first-order valence-corrected chi connectivity index (χ1v) is 8.62. The van der Waals surface area contributed by atoms with Crippen LogP contribution in [0.1, 0.15) is 43.2 Å². The summed E-state index contributed by atoms with van der Waals surface area (Å²) in [6.07, 6.45) is 4.94. The summed E-state index contributed by atoms with van der Waals surface area (Å²) in [6.45, 7) is -0.250. The minimum Gasteiger partial charge on any atom is -0.483 e. The van der Waals surface area contributed by atoms with Crippen molar-refractivity contribution in [2.45, 2.75) is 44.2 Å². The molecule has 0 amide bonds. The second-order valence-corrected chi connectivity index (χ2v) is 6.91. The maximum absolute atomic E-state index is 12.5. The van der Waals surface area contributed by atoms with Crippen LogP contribution in [-0.2, 0) is 9.59 Å². The standard InChI is InChI=1S/C18H22N4O.CH2O2/c1-22-13-3-4-14(22)7-12(6-13)9-17(23)18(21)15-8-11(10-19)2-5-16(15)20;2-1-3/h2,5,8,12-14,21H,3-4,6-7,9,20H2,1H3;1H,(H,2,3). The Morgan fingerprint density at radius 1 is 1.42 bits per heavy atom. The lowest BCUT2D eigenvalue weighted by atomic mass is 9.85. The molecule has 2 saturated heterocycles. The van der Waals surface area contributed by atoms with Gasteiger partial charge in [-0.25, -0.2) is 0 Å². The van der Waals surface area contributed by atoms with Crippen molar-refractivity contribution in [1.29, 1.82) is 10.7 Å². The SMILES string of the molecule is CN1C2CCC1CC(CC(=O)C(=N)c1cc(C#N)ccc1N)C2.O=CO. The number of carbonyl (C=O) groups excluding carboxylic acids is 1. The number of anilines is 1. The van der Waals surface area contributed by atoms with Crippen molar-refractivity contribution in [3.05, 3.63) is 29.3 Å². The number of nitrogens with two attached hydrogens (primary N) is 1. The smallest absolute Gasteiger partial charge is 0.290 e. The molecule has 2 unspecified atom stereocenters. The molecule has 2 heterocycles. The number of piperidine rings is 1. The Kier molecular flexibility index (Phi) is 6.47. The van der Waals surface area contributed by atoms with E-state index >= 15 is 0 Å². The molecule has 2 bridgehead atoms. The van der Waals surface area contributed by atoms with Crippen molar-refractivity contribution < 1.29 is 14.7 Å². The zero-order chi connectivity index (χ0) is 19.3. The van der Waals surface area contributed by atoms with Crippen LogP contribution in [0.4, 0.5) is 5.69 Å². The van der Waals surface area contributed by atoms with Crippen LogP contribution in [0.15, 0.2) is 18.2 Å². The first kappa shape index (κ1) is 19.6. The summed E-state index contributed by atoms with van der Waals surface area (Å²) in [7, 11) is 2.18. The monoisotopic (exact) mass is 356 g/mol. The molecule has 2 fully saturated rings. The maximum Gasteiger partial charge on any atom is 0.290 e. The number of hydrogen-bond donors (Lipinski definition) is 3. The van der Waals surface area contributed by atoms with Crippen molar-refractivity contribution >= 4 is 23.7 Å². The van der Waals surface area contributed by atoms with Gasteiger partial charge in [0.1, 0.15) is 5.71 Å². The van der Waals surface area contributed by atoms with Crippen molar-refractivity contribution in [3.8, 4) is 6.07 Å². The van der Waals surface area contributed by atoms with E-state index in [1.54, 1.807) is 12.1 Å². The van der Waals surface area contributed by atoms with Gasteiger partial charge in [-0.2, -0.15) is 5.26 Å². The van der Waals surface area contributed by atoms with Gasteiger partial charge in [0.2, 0.25) is 0 Å². The van der Waals surface area contributed by atoms with Crippen LogP contribution in [0.2, 0.25) is 0 Å². The zero-order valence-electron chi connectivity index (χ0n) is 14.8. The fourth-order valence-electron chi connectivity index (χ4n) is 4.05. The number of nitriles is 1. The number of nitrogens with one attached hydrogen (secondary N) is 1. The molecule has 7 nitrogen and oxygen atoms in total. The molecule has 2 atom stereocenters. The third-order valence-corrected chi connectivity index (χ3v) is 5.40. The number of hydrogen-bond acceptors (Lipinski definition) is 6. The summed E-state index contributed by atoms with van der Waals surface area (Å²) in [6, 6.07) is 7.93. The fraction of sp³-hybridized carbons (Fsp3) is 0.474. The molecule has 2 aliphatic rings. The molecule has 2 aliphatic heterocycles. The van der Waals surface area contributed by atoms with E-state index in [2.05, 4.69) is 11.9 Å². The molecular weight excluding hydrogens is 332 g/mol. The van der Waals surface area contributed by atoms with Gasteiger partial charge in [-0.3, -0.25) is 15.0 Å². The van der Waals surface area contributed by atoms with Gasteiger partial charge in [-0.05, 0) is 56.8 Å². The minimum absolute atomic E-state index is 0.0640. The van der Waals surface area contributed by atoms with E-state index in [1.165, 1.54) is 18.9 Å². The number of fused-ring (bicyclic) bond motifs is 2. The van der Waals surface area contributed by atoms with Gasteiger partial charge in [-0.15, -0.1) is 0 Å². The van der Waals surface area contributed by atoms with E-state index in [0.29, 0.717) is 41.2 Å². The normalized spacial score (nSPS) is 24.1. The Morgan fingerprint density at radius 2 is 2.00 bits per heavy atom. The fourth-order valence-corrected chi connectivity index (χ4v) is 4.05. The average Bonchev–Trinajstić information content (AvgIpc) is 2.83. The zero-order valence-corrected chi connectivity index (χ0v) is 14.8. The molecule has 1 aromatic rings. The van der Waals surface area contributed by atoms with Gasteiger partial charge < -0.3 is 15.7 Å². The number of carboxylic acid groups (broad SMARTS) is 1. The first-order chi connectivity index (χ1) is 12.4. The quantitative estimate of drug-likeness (QED) is 0.430. The third kappa shape index (κ3) is 4.27. The van der Waals surface area contributed by atoms with Gasteiger partial charge in [-0.1, -0.05) is 0 Å². The predicted molar refractivity (Wildman–Crippen MR) is 98.0 cm³/mol. The molecule has 26 heavy (non-hydrogen) atoms. The highest BCUT2D eigenvalue weighted by Gasteiger charge is 2.39. The van der Waals surface area contributed by atoms with Crippen LogP contribution < -0.4 is 5.73 Å². The van der Waals surface area contributed by atoms with E-state index in [1.807, 2.05) is 6.07 Å². The highest BCUT2D eigenvalue weighted by molar-refractivity contribution is 6.46. The lowest BCUT2D eigenvalue weighted by molar-refractivity contribution is -0.123. The first-order valence-electron chi connectivity index (χ1n) is 8.62. The summed E-state index contributed by atoms with van der Waals surface area (Å²) in [5.41, 5.74) is 7.00. The second kappa shape index (κ2) is 8.59. The lowest BCUT2D eigenvalue weighted by Crippen LogP contribution is -2.40. The molecule has 0 aliphatic carbocycles. The minimum atomic E-state index is -0.250. The number of benzene rings is 1. The molecule has 0 aromatic heterocycles. The second-order valence-electron chi connectivity index (χ2n) is 6.91. The Bertz CT molecular complexity index is 727. The summed E-state index contributed by atoms with van der Waals surface area (Å²) >= 11 is 0. The van der Waals surface area contributed by atoms with Gasteiger partial charge in [0, 0.05) is 29.8 Å². The number of nitrogen functional groups attached to an aromatic ring is 1. The maximum atomic E-state index is 12.5. The summed E-state index contributed by atoms with van der Waals surface area (Å²) in [5, 5.41) is 24.0. The van der Waals surface area contributed by atoms with Crippen LogP contribution in [0, 0.1) is 22.7 Å². The Balaban J connectivity index is 0.000000758. The van der Waals surface area contributed by atoms with Crippen molar-refractivity contribution in [3.63, 3.8) is 0 Å². The molecule has 1 aromatic carbocycles. The topological polar surface area (TPSA) is 131 Å². The molecule has 7 heteroatoms. The summed E-state index contributed by atoms with van der Waals surface area (Å²) in [4.78, 5) is 23.3. The van der Waals surface area contributed by atoms with Crippen LogP contribution in [-0.4, -0.2) is 47.1 Å². The van der Waals surface area contributed by atoms with Gasteiger partial charge >= 0.3 is 0 Å². The Hall–Kier alpha value is -2.72. The molecule has 4 N–H and O–H groups in total. The van der Waals surface area contributed by atoms with Crippen molar-refractivity contribution in [2.75, 3.05) is 12.8 Å². The predicted octanol–water partition coefficient (Wildman–Crippen LogP) is 2.04. The number of carbonyl (C=O) groups is 2. The Labute approximate surface area is 152 Å². The van der Waals surface area contributed by atoms with E-state index in [4.69, 9.17) is 26.3 Å². The Morgan fingerprint density at radius 3 is 2.54 bits per heavy atom. The van der Waals surface area contributed by atoms with Crippen LogP contribution in [0.25, 0.3) is 0 Å². The number of rotatable bonds is 4. The third-order valence-electron chi connectivity index (χ3n) is 5.40. The van der Waals surface area contributed by atoms with Gasteiger partial charge in [0.15, 0.2) is 5.78 Å². The van der Waals surface area contributed by atoms with Crippen molar-refractivity contribution in [2.24, 2.45) is 5.92 Å². The lowest BCUT2D eigenvalue weighted by Gasteiger charge is -2.36. The highest BCUT2D eigenvalue weighted by Crippen LogP contribution is 2.38. The number of ketones is 1. The van der Waals surface area contributed by atoms with E-state index in [9.17, 15) is 4.79 Å². The average molecular weight is 356 g/mol. The molecule has 138 valence electrons. The van der Waals surface area contributed by atoms with E-state index < -0.39 is 0 Å². The van der Waals surface area contributed by atoms with Crippen molar-refractivity contribution in [1.82, 2.24) is 4.90 Å². The number of Topliss-reactive ketones (excluding diaryl/α,β-unsaturated/α-hetero) is 1. The molecule has 0 radical (unpaired) electrons. The van der Waals surface area contributed by atoms with Crippen LogP contribution in [0.5, 0.6) is 0 Å². The number of nitrogens with zero attached hydrogens (tertiary/aromatic N) is 2. The highest BCUT2D eigenvalue weighted by atomic mass is 16.3. The van der Waals surface area contributed by atoms with E-state index in [0.717, 1.165) is 12.8 Å². The largest absolute Gasteiger partial charge is 0.483 e.